The summed E-state index contributed by atoms with van der Waals surface area (Å²) in [6.07, 6.45) is -3.51. The molecule has 6 N–H and O–H groups in total. The van der Waals surface area contributed by atoms with Crippen molar-refractivity contribution in [2.75, 3.05) is 32.8 Å². The minimum atomic E-state index is -4.81. The summed E-state index contributed by atoms with van der Waals surface area (Å²) in [6, 6.07) is -1.28. The number of aliphatic carboxylic acids is 1. The van der Waals surface area contributed by atoms with Crippen molar-refractivity contribution in [3.63, 3.8) is 0 Å². The molecule has 2 heterocycles. The molecule has 0 aromatic carbocycles. The van der Waals surface area contributed by atoms with Crippen LogP contribution >= 0.6 is 0 Å². The number of carboxylic acid groups (broad SMARTS) is 1. The van der Waals surface area contributed by atoms with Crippen LogP contribution in [0.3, 0.4) is 0 Å². The number of hydrogen-bond acceptors (Lipinski definition) is 10. The maximum atomic E-state index is 11.3. The molecule has 2 rings (SSSR count). The molecule has 170 valence electrons. The van der Waals surface area contributed by atoms with Gasteiger partial charge in [-0.2, -0.15) is 21.6 Å². The van der Waals surface area contributed by atoms with Crippen molar-refractivity contribution in [3.8, 4) is 0 Å². The van der Waals surface area contributed by atoms with E-state index in [0.29, 0.717) is 0 Å². The van der Waals surface area contributed by atoms with Gasteiger partial charge in [0.1, 0.15) is 0 Å². The molecule has 14 nitrogen and oxygen atoms in total. The molecule has 2 saturated heterocycles. The fourth-order valence-corrected chi connectivity index (χ4v) is 4.50. The second-order valence-electron chi connectivity index (χ2n) is 7.08. The van der Waals surface area contributed by atoms with Gasteiger partial charge < -0.3 is 20.1 Å². The summed E-state index contributed by atoms with van der Waals surface area (Å²) in [5, 5.41) is 29.7. The average Bonchev–Trinajstić information content (AvgIpc) is 2.55. The summed E-state index contributed by atoms with van der Waals surface area (Å²) < 4.78 is 73.0. The largest absolute Gasteiger partial charge is 0.481 e. The van der Waals surface area contributed by atoms with Crippen LogP contribution in [0, 0.1) is 11.8 Å². The van der Waals surface area contributed by atoms with Gasteiger partial charge in [0.05, 0.1) is 43.5 Å². The lowest BCUT2D eigenvalue weighted by Gasteiger charge is -2.43. The third kappa shape index (κ3) is 7.67. The van der Waals surface area contributed by atoms with E-state index < -0.39 is 76.1 Å². The number of carboxylic acids is 1. The standard InChI is InChI=1S/C13H24N2O12S2/c16-8-1-7(13(18)19)2-15(3-8)4-9-11(6-27-29(23,24)25)26-5-10(12(9)17)14-28(20,21)22/h7-12,14,16-17H,1-6H2,(H,18,19)(H,20,21,22)(H,23,24,25)/t7?,8-,9+,10?,11?,12-/m1/s1. The Labute approximate surface area is 167 Å². The van der Waals surface area contributed by atoms with Crippen molar-refractivity contribution in [1.29, 1.82) is 0 Å². The number of piperidine rings is 1. The van der Waals surface area contributed by atoms with Gasteiger partial charge in [-0.25, -0.2) is 4.18 Å². The van der Waals surface area contributed by atoms with Crippen LogP contribution in [0.4, 0.5) is 0 Å². The van der Waals surface area contributed by atoms with Crippen molar-refractivity contribution in [2.24, 2.45) is 11.8 Å². The molecular weight excluding hydrogens is 440 g/mol. The fourth-order valence-electron chi connectivity index (χ4n) is 3.60. The summed E-state index contributed by atoms with van der Waals surface area (Å²) in [4.78, 5) is 12.8. The molecule has 0 spiro atoms. The highest BCUT2D eigenvalue weighted by Crippen LogP contribution is 2.27. The van der Waals surface area contributed by atoms with Crippen molar-refractivity contribution in [1.82, 2.24) is 9.62 Å². The van der Waals surface area contributed by atoms with Gasteiger partial charge in [-0.3, -0.25) is 18.8 Å². The van der Waals surface area contributed by atoms with Crippen molar-refractivity contribution in [3.05, 3.63) is 0 Å². The summed E-state index contributed by atoms with van der Waals surface area (Å²) in [6.45, 7) is -1.15. The molecular formula is C13H24N2O12S2. The van der Waals surface area contributed by atoms with E-state index in [9.17, 15) is 36.9 Å². The number of ether oxygens (including phenoxy) is 1. The number of nitrogens with one attached hydrogen (secondary N) is 1. The molecule has 29 heavy (non-hydrogen) atoms. The smallest absolute Gasteiger partial charge is 0.397 e. The average molecular weight is 464 g/mol. The molecule has 0 aliphatic carbocycles. The van der Waals surface area contributed by atoms with E-state index >= 15 is 0 Å². The Kier molecular flexibility index (Phi) is 7.93. The first-order valence-corrected chi connectivity index (χ1v) is 11.3. The lowest BCUT2D eigenvalue weighted by Crippen LogP contribution is -2.60. The molecule has 0 aromatic rings. The lowest BCUT2D eigenvalue weighted by atomic mass is 9.87. The molecule has 0 saturated carbocycles. The van der Waals surface area contributed by atoms with E-state index in [1.165, 1.54) is 4.90 Å². The van der Waals surface area contributed by atoms with E-state index in [1.807, 2.05) is 0 Å². The number of rotatable bonds is 8. The molecule has 2 fully saturated rings. The number of hydrogen-bond donors (Lipinski definition) is 6. The Morgan fingerprint density at radius 3 is 2.38 bits per heavy atom. The van der Waals surface area contributed by atoms with Gasteiger partial charge in [-0.15, -0.1) is 0 Å². The zero-order valence-electron chi connectivity index (χ0n) is 15.1. The van der Waals surface area contributed by atoms with Crippen LogP contribution in [-0.4, -0.2) is 109 Å². The van der Waals surface area contributed by atoms with E-state index in [0.717, 1.165) is 0 Å². The number of aliphatic hydroxyl groups excluding tert-OH is 2. The van der Waals surface area contributed by atoms with Gasteiger partial charge in [0, 0.05) is 25.6 Å². The molecule has 6 atom stereocenters. The first kappa shape index (κ1) is 24.3. The fraction of sp³-hybridized carbons (Fsp3) is 0.923. The third-order valence-electron chi connectivity index (χ3n) is 4.82. The second-order valence-corrected chi connectivity index (χ2v) is 9.36. The van der Waals surface area contributed by atoms with E-state index in [-0.39, 0.29) is 26.1 Å². The topological polar surface area (TPSA) is 220 Å². The highest BCUT2D eigenvalue weighted by molar-refractivity contribution is 7.83. The maximum Gasteiger partial charge on any atom is 0.397 e. The number of aliphatic hydroxyl groups is 2. The van der Waals surface area contributed by atoms with Crippen molar-refractivity contribution < 1.29 is 55.0 Å². The normalized spacial score (nSPS) is 34.8. The summed E-state index contributed by atoms with van der Waals surface area (Å²) in [7, 11) is -9.50. The predicted octanol–water partition coefficient (Wildman–Crippen LogP) is -3.29. The maximum absolute atomic E-state index is 11.3. The van der Waals surface area contributed by atoms with E-state index in [2.05, 4.69) is 4.18 Å². The van der Waals surface area contributed by atoms with Crippen molar-refractivity contribution >= 4 is 26.7 Å². The minimum absolute atomic E-state index is 0.0257. The van der Waals surface area contributed by atoms with Gasteiger partial charge in [0.2, 0.25) is 0 Å². The zero-order chi connectivity index (χ0) is 22.0. The van der Waals surface area contributed by atoms with Crippen LogP contribution < -0.4 is 4.72 Å². The Balaban J connectivity index is 2.17. The van der Waals surface area contributed by atoms with Crippen LogP contribution in [0.1, 0.15) is 6.42 Å². The number of nitrogens with zero attached hydrogens (tertiary/aromatic N) is 1. The first-order valence-electron chi connectivity index (χ1n) is 8.54. The van der Waals surface area contributed by atoms with E-state index in [4.69, 9.17) is 13.8 Å². The van der Waals surface area contributed by atoms with Crippen LogP contribution in [0.25, 0.3) is 0 Å². The minimum Gasteiger partial charge on any atom is -0.481 e. The third-order valence-corrected chi connectivity index (χ3v) is 5.86. The van der Waals surface area contributed by atoms with Crippen LogP contribution in [0.2, 0.25) is 0 Å². The van der Waals surface area contributed by atoms with Gasteiger partial charge >= 0.3 is 26.7 Å². The van der Waals surface area contributed by atoms with E-state index in [1.54, 1.807) is 4.72 Å². The molecule has 2 aliphatic heterocycles. The Hall–Kier alpha value is -0.950. The van der Waals surface area contributed by atoms with Crippen LogP contribution in [-0.2, 0) is 34.4 Å². The SMILES string of the molecule is O=C(O)C1C[C@@H](O)CN(C[C@H]2C(COS(=O)(=O)O)OCC(NS(=O)(=O)O)[C@@H]2O)C1. The highest BCUT2D eigenvalue weighted by atomic mass is 32.3. The molecule has 3 unspecified atom stereocenters. The van der Waals surface area contributed by atoms with Gasteiger partial charge in [0.15, 0.2) is 0 Å². The van der Waals surface area contributed by atoms with Gasteiger partial charge in [-0.1, -0.05) is 0 Å². The Morgan fingerprint density at radius 1 is 1.17 bits per heavy atom. The molecule has 0 amide bonds. The van der Waals surface area contributed by atoms with Crippen molar-refractivity contribution in [2.45, 2.75) is 30.8 Å². The lowest BCUT2D eigenvalue weighted by molar-refractivity contribution is -0.148. The highest BCUT2D eigenvalue weighted by Gasteiger charge is 2.43. The molecule has 0 radical (unpaired) electrons. The predicted molar refractivity (Wildman–Crippen MR) is 93.4 cm³/mol. The Bertz CT molecular complexity index is 786. The molecule has 2 aliphatic rings. The zero-order valence-corrected chi connectivity index (χ0v) is 16.7. The first-order chi connectivity index (χ1) is 13.2. The molecule has 16 heteroatoms. The number of likely N-dealkylation sites (tertiary alicyclic amines) is 1. The quantitative estimate of drug-likeness (QED) is 0.194. The molecule has 0 aromatic heterocycles. The summed E-state index contributed by atoms with van der Waals surface area (Å²) in [5.41, 5.74) is 0. The molecule has 0 bridgehead atoms. The Morgan fingerprint density at radius 2 is 1.83 bits per heavy atom. The monoisotopic (exact) mass is 464 g/mol. The van der Waals surface area contributed by atoms with Crippen LogP contribution in [0.15, 0.2) is 0 Å². The summed E-state index contributed by atoms with van der Waals surface area (Å²) in [5.74, 6) is -3.00. The second kappa shape index (κ2) is 9.46. The summed E-state index contributed by atoms with van der Waals surface area (Å²) >= 11 is 0. The van der Waals surface area contributed by atoms with Gasteiger partial charge in [-0.05, 0) is 6.42 Å². The van der Waals surface area contributed by atoms with Gasteiger partial charge in [0.25, 0.3) is 0 Å². The number of β-amino-alcohol motifs (C(OH)–C–C–N with tert-alkyl or cyclic N) is 1. The number of carbonyl (C=O) groups is 1. The van der Waals surface area contributed by atoms with Crippen LogP contribution in [0.5, 0.6) is 0 Å².